The van der Waals surface area contributed by atoms with E-state index in [-0.39, 0.29) is 11.9 Å². The Morgan fingerprint density at radius 2 is 2.00 bits per heavy atom. The van der Waals surface area contributed by atoms with Gasteiger partial charge in [-0.1, -0.05) is 24.3 Å². The van der Waals surface area contributed by atoms with E-state index >= 15 is 0 Å². The van der Waals surface area contributed by atoms with Gasteiger partial charge in [0.15, 0.2) is 0 Å². The summed E-state index contributed by atoms with van der Waals surface area (Å²) in [5, 5.41) is 6.12. The predicted molar refractivity (Wildman–Crippen MR) is 95.9 cm³/mol. The number of carbonyl (C=O) groups excluding carboxylic acids is 1. The molecule has 1 unspecified atom stereocenters. The lowest BCUT2D eigenvalue weighted by Gasteiger charge is -2.15. The lowest BCUT2D eigenvalue weighted by atomic mass is 10.1. The molecule has 2 aromatic carbocycles. The van der Waals surface area contributed by atoms with E-state index in [4.69, 9.17) is 5.73 Å². The molecule has 116 valence electrons. The van der Waals surface area contributed by atoms with Gasteiger partial charge in [-0.25, -0.2) is 0 Å². The first kappa shape index (κ1) is 16.4. The summed E-state index contributed by atoms with van der Waals surface area (Å²) in [5.41, 5.74) is 9.09. The van der Waals surface area contributed by atoms with Gasteiger partial charge in [-0.05, 0) is 36.8 Å². The first-order chi connectivity index (χ1) is 10.6. The number of hydrogen-bond acceptors (Lipinski definition) is 4. The van der Waals surface area contributed by atoms with E-state index in [1.165, 1.54) is 0 Å². The molecule has 0 heterocycles. The summed E-state index contributed by atoms with van der Waals surface area (Å²) in [5.74, 6) is 0.443. The largest absolute Gasteiger partial charge is 0.383 e. The van der Waals surface area contributed by atoms with Gasteiger partial charge < -0.3 is 16.4 Å². The van der Waals surface area contributed by atoms with Crippen molar-refractivity contribution in [1.29, 1.82) is 0 Å². The summed E-state index contributed by atoms with van der Waals surface area (Å²) in [4.78, 5) is 12.5. The molecule has 0 fully saturated rings. The van der Waals surface area contributed by atoms with Crippen molar-refractivity contribution in [3.63, 3.8) is 0 Å². The van der Waals surface area contributed by atoms with Crippen LogP contribution in [0, 0.1) is 6.92 Å². The molecule has 0 radical (unpaired) electrons. The number of anilines is 2. The number of aryl methyl sites for hydroxylation is 1. The number of para-hydroxylation sites is 1. The van der Waals surface area contributed by atoms with Crippen molar-refractivity contribution < 1.29 is 4.79 Å². The van der Waals surface area contributed by atoms with Crippen LogP contribution in [0.2, 0.25) is 0 Å². The number of amides is 1. The van der Waals surface area contributed by atoms with Crippen molar-refractivity contribution in [1.82, 2.24) is 0 Å². The van der Waals surface area contributed by atoms with Crippen LogP contribution in [-0.2, 0) is 0 Å². The molecule has 4 nitrogen and oxygen atoms in total. The normalized spacial score (nSPS) is 11.8. The van der Waals surface area contributed by atoms with Crippen molar-refractivity contribution >= 4 is 29.9 Å². The van der Waals surface area contributed by atoms with E-state index in [1.54, 1.807) is 6.07 Å². The number of benzene rings is 2. The van der Waals surface area contributed by atoms with Crippen LogP contribution in [0.5, 0.6) is 0 Å². The highest BCUT2D eigenvalue weighted by Gasteiger charge is 2.11. The number of nitrogens with one attached hydrogen (secondary N) is 2. The molecule has 1 atom stereocenters. The van der Waals surface area contributed by atoms with Gasteiger partial charge in [-0.3, -0.25) is 4.79 Å². The van der Waals surface area contributed by atoms with Crippen LogP contribution < -0.4 is 16.4 Å². The number of nitrogens with two attached hydrogens (primary N) is 1. The molecule has 1 amide bonds. The number of thiol groups is 1. The van der Waals surface area contributed by atoms with Gasteiger partial charge in [0.2, 0.25) is 0 Å². The Hall–Kier alpha value is -1.98. The van der Waals surface area contributed by atoms with E-state index in [0.29, 0.717) is 17.9 Å². The molecule has 2 rings (SSSR count). The maximum atomic E-state index is 12.5. The van der Waals surface area contributed by atoms with Gasteiger partial charge in [0.05, 0.1) is 5.56 Å². The highest BCUT2D eigenvalue weighted by molar-refractivity contribution is 7.80. The molecule has 0 saturated heterocycles. The molecule has 5 heteroatoms. The molecule has 2 aromatic rings. The lowest BCUT2D eigenvalue weighted by Crippen LogP contribution is -2.31. The minimum absolute atomic E-state index is 0.0591. The minimum Gasteiger partial charge on any atom is -0.383 e. The van der Waals surface area contributed by atoms with Crippen molar-refractivity contribution in [2.24, 2.45) is 5.73 Å². The third kappa shape index (κ3) is 4.51. The monoisotopic (exact) mass is 315 g/mol. The smallest absolute Gasteiger partial charge is 0.257 e. The summed E-state index contributed by atoms with van der Waals surface area (Å²) in [6.45, 7) is 2.56. The van der Waals surface area contributed by atoms with Crippen molar-refractivity contribution in [2.45, 2.75) is 13.0 Å². The van der Waals surface area contributed by atoms with Gasteiger partial charge in [0.25, 0.3) is 5.91 Å². The maximum absolute atomic E-state index is 12.5. The lowest BCUT2D eigenvalue weighted by molar-refractivity contribution is 0.102. The number of rotatable bonds is 6. The van der Waals surface area contributed by atoms with E-state index in [9.17, 15) is 4.79 Å². The van der Waals surface area contributed by atoms with Crippen LogP contribution in [0.3, 0.4) is 0 Å². The zero-order valence-electron chi connectivity index (χ0n) is 12.5. The van der Waals surface area contributed by atoms with Crippen LogP contribution in [0.1, 0.15) is 15.9 Å². The molecule has 0 saturated carbocycles. The number of carbonyl (C=O) groups is 1. The molecule has 0 aliphatic carbocycles. The minimum atomic E-state index is -0.145. The van der Waals surface area contributed by atoms with Crippen LogP contribution in [0.25, 0.3) is 0 Å². The van der Waals surface area contributed by atoms with Gasteiger partial charge in [-0.2, -0.15) is 12.6 Å². The standard InChI is InChI=1S/C17H21N3OS/c1-12-5-4-6-14(9-12)20-17(21)15-7-2-3-8-16(15)19-10-13(18)11-22/h2-9,13,19,22H,10-11,18H2,1H3,(H,20,21). The summed E-state index contributed by atoms with van der Waals surface area (Å²) in [7, 11) is 0. The molecule has 0 aliphatic heterocycles. The second kappa shape index (κ2) is 7.87. The topological polar surface area (TPSA) is 67.2 Å². The zero-order chi connectivity index (χ0) is 15.9. The predicted octanol–water partition coefficient (Wildman–Crippen LogP) is 2.92. The second-order valence-electron chi connectivity index (χ2n) is 5.19. The van der Waals surface area contributed by atoms with E-state index < -0.39 is 0 Å². The zero-order valence-corrected chi connectivity index (χ0v) is 13.4. The molecule has 22 heavy (non-hydrogen) atoms. The number of hydrogen-bond donors (Lipinski definition) is 4. The summed E-state index contributed by atoms with van der Waals surface area (Å²) in [6.07, 6.45) is 0. The van der Waals surface area contributed by atoms with Crippen molar-refractivity contribution in [3.05, 3.63) is 59.7 Å². The Labute approximate surface area is 136 Å². The van der Waals surface area contributed by atoms with Crippen LogP contribution >= 0.6 is 12.6 Å². The SMILES string of the molecule is Cc1cccc(NC(=O)c2ccccc2NCC(N)CS)c1. The first-order valence-electron chi connectivity index (χ1n) is 7.17. The average molecular weight is 315 g/mol. The van der Waals surface area contributed by atoms with Crippen LogP contribution in [0.15, 0.2) is 48.5 Å². The molecule has 0 spiro atoms. The highest BCUT2D eigenvalue weighted by atomic mass is 32.1. The Balaban J connectivity index is 2.12. The first-order valence-corrected chi connectivity index (χ1v) is 7.80. The summed E-state index contributed by atoms with van der Waals surface area (Å²) < 4.78 is 0. The van der Waals surface area contributed by atoms with Crippen LogP contribution in [0.4, 0.5) is 11.4 Å². The molecule has 4 N–H and O–H groups in total. The van der Waals surface area contributed by atoms with Gasteiger partial charge in [-0.15, -0.1) is 0 Å². The Kier molecular flexibility index (Phi) is 5.86. The molecule has 0 aromatic heterocycles. The Morgan fingerprint density at radius 1 is 1.23 bits per heavy atom. The van der Waals surface area contributed by atoms with Crippen molar-refractivity contribution in [2.75, 3.05) is 22.9 Å². The third-order valence-electron chi connectivity index (χ3n) is 3.24. The Morgan fingerprint density at radius 3 is 2.73 bits per heavy atom. The fourth-order valence-electron chi connectivity index (χ4n) is 2.06. The second-order valence-corrected chi connectivity index (χ2v) is 5.56. The highest BCUT2D eigenvalue weighted by Crippen LogP contribution is 2.18. The van der Waals surface area contributed by atoms with Gasteiger partial charge in [0.1, 0.15) is 0 Å². The maximum Gasteiger partial charge on any atom is 0.257 e. The molecular formula is C17H21N3OS. The van der Waals surface area contributed by atoms with Crippen LogP contribution in [-0.4, -0.2) is 24.2 Å². The van der Waals surface area contributed by atoms with E-state index in [2.05, 4.69) is 23.3 Å². The fourth-order valence-corrected chi connectivity index (χ4v) is 2.19. The van der Waals surface area contributed by atoms with E-state index in [0.717, 1.165) is 16.9 Å². The third-order valence-corrected chi connectivity index (χ3v) is 3.71. The molecule has 0 bridgehead atoms. The quantitative estimate of drug-likeness (QED) is 0.620. The Bertz CT molecular complexity index is 645. The van der Waals surface area contributed by atoms with Gasteiger partial charge >= 0.3 is 0 Å². The van der Waals surface area contributed by atoms with E-state index in [1.807, 2.05) is 49.4 Å². The summed E-state index contributed by atoms with van der Waals surface area (Å²) in [6, 6.07) is 15.0. The molecule has 0 aliphatic rings. The molecular weight excluding hydrogens is 294 g/mol. The average Bonchev–Trinajstić information content (AvgIpc) is 2.52. The van der Waals surface area contributed by atoms with Gasteiger partial charge in [0, 0.05) is 29.7 Å². The fraction of sp³-hybridized carbons (Fsp3) is 0.235. The van der Waals surface area contributed by atoms with Crippen molar-refractivity contribution in [3.8, 4) is 0 Å². The summed E-state index contributed by atoms with van der Waals surface area (Å²) >= 11 is 4.16.